The number of alkyl halides is 1. The van der Waals surface area contributed by atoms with Crippen molar-refractivity contribution < 1.29 is 14.6 Å². The second-order valence-electron chi connectivity index (χ2n) is 4.13. The van der Waals surface area contributed by atoms with Crippen LogP contribution in [0.2, 0.25) is 0 Å². The number of hydrogen-bond acceptors (Lipinski definition) is 2. The minimum Gasteiger partial charge on any atom is -0.340 e. The van der Waals surface area contributed by atoms with Crippen LogP contribution in [0, 0.1) is 5.41 Å². The van der Waals surface area contributed by atoms with E-state index in [1.807, 2.05) is 30.3 Å². The smallest absolute Gasteiger partial charge is 0.320 e. The lowest BCUT2D eigenvalue weighted by Crippen LogP contribution is -2.41. The van der Waals surface area contributed by atoms with Crippen molar-refractivity contribution in [1.82, 2.24) is 0 Å². The average Bonchev–Trinajstić information content (AvgIpc) is 2.03. The first-order valence-corrected chi connectivity index (χ1v) is 4.50. The van der Waals surface area contributed by atoms with Gasteiger partial charge in [-0.1, -0.05) is 44.2 Å². The van der Waals surface area contributed by atoms with Crippen LogP contribution >= 0.6 is 0 Å². The molecule has 0 radical (unpaired) electrons. The zero-order valence-corrected chi connectivity index (χ0v) is 8.37. The van der Waals surface area contributed by atoms with Crippen LogP contribution in [0.4, 0.5) is 4.39 Å². The van der Waals surface area contributed by atoms with Crippen molar-refractivity contribution in [3.63, 3.8) is 0 Å². The van der Waals surface area contributed by atoms with Gasteiger partial charge in [-0.2, -0.15) is 4.39 Å². The molecule has 0 heterocycles. The summed E-state index contributed by atoms with van der Waals surface area (Å²) in [6, 6.07) is 6.03. The van der Waals surface area contributed by atoms with Crippen LogP contribution in [0.25, 0.3) is 0 Å². The van der Waals surface area contributed by atoms with Gasteiger partial charge in [0.05, 0.1) is 5.41 Å². The van der Waals surface area contributed by atoms with Gasteiger partial charge in [0, 0.05) is 0 Å². The van der Waals surface area contributed by atoms with Crippen LogP contribution in [0.1, 0.15) is 19.4 Å². The summed E-state index contributed by atoms with van der Waals surface area (Å²) in [5.74, 6) is 0. The van der Waals surface area contributed by atoms with E-state index >= 15 is 0 Å². The summed E-state index contributed by atoms with van der Waals surface area (Å²) in [6.07, 6.45) is 0.275. The second kappa shape index (κ2) is 3.67. The fraction of sp³-hybridized carbons (Fsp3) is 0.455. The summed E-state index contributed by atoms with van der Waals surface area (Å²) in [6.45, 7) is 2.94. The second-order valence-corrected chi connectivity index (χ2v) is 4.13. The molecule has 0 aliphatic rings. The van der Waals surface area contributed by atoms with Gasteiger partial charge in [-0.05, 0) is 12.0 Å². The molecule has 0 saturated heterocycles. The van der Waals surface area contributed by atoms with Gasteiger partial charge >= 0.3 is 6.04 Å². The van der Waals surface area contributed by atoms with E-state index in [2.05, 4.69) is 0 Å². The molecule has 0 aliphatic carbocycles. The van der Waals surface area contributed by atoms with E-state index < -0.39 is 11.5 Å². The normalized spacial score (nSPS) is 12.9. The third-order valence-electron chi connectivity index (χ3n) is 2.35. The highest BCUT2D eigenvalue weighted by molar-refractivity contribution is 5.16. The first-order chi connectivity index (χ1) is 6.33. The predicted octanol–water partition coefficient (Wildman–Crippen LogP) is 1.86. The minimum atomic E-state index is -3.15. The molecule has 0 aromatic heterocycles. The van der Waals surface area contributed by atoms with Gasteiger partial charge in [0.15, 0.2) is 0 Å². The Balaban J connectivity index is 2.79. The molecule has 0 bridgehead atoms. The van der Waals surface area contributed by atoms with Gasteiger partial charge < -0.3 is 10.2 Å². The van der Waals surface area contributed by atoms with Crippen LogP contribution in [-0.4, -0.2) is 16.3 Å². The molecule has 78 valence electrons. The Labute approximate surface area is 83.0 Å². The SMILES string of the molecule is CC(C)(Cc1ccccc1)C(O)(O)F. The van der Waals surface area contributed by atoms with E-state index in [4.69, 9.17) is 10.2 Å². The van der Waals surface area contributed by atoms with Gasteiger partial charge in [0.1, 0.15) is 0 Å². The quantitative estimate of drug-likeness (QED) is 0.728. The molecule has 1 rings (SSSR count). The molecular weight excluding hydrogens is 183 g/mol. The molecule has 14 heavy (non-hydrogen) atoms. The highest BCUT2D eigenvalue weighted by atomic mass is 19.2. The van der Waals surface area contributed by atoms with Crippen LogP contribution in [-0.2, 0) is 6.42 Å². The fourth-order valence-electron chi connectivity index (χ4n) is 1.22. The summed E-state index contributed by atoms with van der Waals surface area (Å²) >= 11 is 0. The van der Waals surface area contributed by atoms with Crippen LogP contribution < -0.4 is 0 Å². The molecule has 0 unspecified atom stereocenters. The molecule has 0 fully saturated rings. The molecule has 0 spiro atoms. The lowest BCUT2D eigenvalue weighted by molar-refractivity contribution is -0.320. The third kappa shape index (κ3) is 2.53. The summed E-state index contributed by atoms with van der Waals surface area (Å²) < 4.78 is 13.0. The molecular formula is C11H15FO2. The van der Waals surface area contributed by atoms with E-state index in [1.165, 1.54) is 13.8 Å². The van der Waals surface area contributed by atoms with Gasteiger partial charge in [0.2, 0.25) is 0 Å². The lowest BCUT2D eigenvalue weighted by Gasteiger charge is -2.31. The van der Waals surface area contributed by atoms with Crippen molar-refractivity contribution in [2.24, 2.45) is 5.41 Å². The van der Waals surface area contributed by atoms with Crippen LogP contribution in [0.5, 0.6) is 0 Å². The maximum atomic E-state index is 13.0. The van der Waals surface area contributed by atoms with E-state index in [1.54, 1.807) is 0 Å². The molecule has 0 atom stereocenters. The van der Waals surface area contributed by atoms with E-state index in [0.717, 1.165) is 5.56 Å². The molecule has 0 saturated carbocycles. The lowest BCUT2D eigenvalue weighted by atomic mass is 9.84. The predicted molar refractivity (Wildman–Crippen MR) is 52.2 cm³/mol. The molecule has 0 aliphatic heterocycles. The standard InChI is InChI=1S/C11H15FO2/c1-10(2,11(12,13)14)8-9-6-4-3-5-7-9/h3-7,13-14H,8H2,1-2H3. The number of halogens is 1. The van der Waals surface area contributed by atoms with Crippen molar-refractivity contribution >= 4 is 0 Å². The van der Waals surface area contributed by atoms with Crippen LogP contribution in [0.15, 0.2) is 30.3 Å². The van der Waals surface area contributed by atoms with Crippen molar-refractivity contribution in [2.45, 2.75) is 26.3 Å². The zero-order valence-electron chi connectivity index (χ0n) is 8.37. The van der Waals surface area contributed by atoms with E-state index in [9.17, 15) is 4.39 Å². The first-order valence-electron chi connectivity index (χ1n) is 4.50. The summed E-state index contributed by atoms with van der Waals surface area (Å²) in [4.78, 5) is 0. The Morgan fingerprint density at radius 3 is 2.07 bits per heavy atom. The van der Waals surface area contributed by atoms with Crippen molar-refractivity contribution in [2.75, 3.05) is 0 Å². The Kier molecular flexibility index (Phi) is 2.92. The van der Waals surface area contributed by atoms with E-state index in [-0.39, 0.29) is 6.42 Å². The van der Waals surface area contributed by atoms with Gasteiger partial charge in [-0.25, -0.2) is 0 Å². The summed E-state index contributed by atoms with van der Waals surface area (Å²) in [5, 5.41) is 17.8. The van der Waals surface area contributed by atoms with Crippen molar-refractivity contribution in [3.05, 3.63) is 35.9 Å². The monoisotopic (exact) mass is 198 g/mol. The van der Waals surface area contributed by atoms with Crippen molar-refractivity contribution in [3.8, 4) is 0 Å². The largest absolute Gasteiger partial charge is 0.340 e. The zero-order chi connectivity index (χ0) is 10.8. The Morgan fingerprint density at radius 2 is 1.64 bits per heavy atom. The number of aliphatic hydroxyl groups is 2. The fourth-order valence-corrected chi connectivity index (χ4v) is 1.22. The van der Waals surface area contributed by atoms with Crippen molar-refractivity contribution in [1.29, 1.82) is 0 Å². The van der Waals surface area contributed by atoms with Gasteiger partial charge in [-0.15, -0.1) is 0 Å². The maximum Gasteiger partial charge on any atom is 0.320 e. The molecule has 2 N–H and O–H groups in total. The summed E-state index contributed by atoms with van der Waals surface area (Å²) in [7, 11) is 0. The Hall–Kier alpha value is -0.930. The topological polar surface area (TPSA) is 40.5 Å². The van der Waals surface area contributed by atoms with Gasteiger partial charge in [-0.3, -0.25) is 0 Å². The average molecular weight is 198 g/mol. The van der Waals surface area contributed by atoms with E-state index in [0.29, 0.717) is 0 Å². The summed E-state index contributed by atoms with van der Waals surface area (Å²) in [5.41, 5.74) is -0.337. The minimum absolute atomic E-state index is 0.275. The maximum absolute atomic E-state index is 13.0. The highest BCUT2D eigenvalue weighted by Crippen LogP contribution is 2.33. The Bertz CT molecular complexity index is 288. The Morgan fingerprint density at radius 1 is 1.14 bits per heavy atom. The number of benzene rings is 1. The highest BCUT2D eigenvalue weighted by Gasteiger charge is 2.42. The number of rotatable bonds is 3. The molecule has 3 heteroatoms. The molecule has 1 aromatic carbocycles. The molecule has 0 amide bonds. The molecule has 1 aromatic rings. The number of hydrogen-bond donors (Lipinski definition) is 2. The molecule has 2 nitrogen and oxygen atoms in total. The third-order valence-corrected chi connectivity index (χ3v) is 2.35. The van der Waals surface area contributed by atoms with Gasteiger partial charge in [0.25, 0.3) is 0 Å². The van der Waals surface area contributed by atoms with Crippen LogP contribution in [0.3, 0.4) is 0 Å². The first kappa shape index (κ1) is 11.1.